The molecule has 166 valence electrons. The summed E-state index contributed by atoms with van der Waals surface area (Å²) in [4.78, 5) is 0. The molecule has 7 heteroatoms. The zero-order valence-electron chi connectivity index (χ0n) is 18.2. The van der Waals surface area contributed by atoms with Crippen LogP contribution >= 0.6 is 28.0 Å². The molecule has 2 aliphatic heterocycles. The maximum atomic E-state index is 3.19. The van der Waals surface area contributed by atoms with Crippen molar-refractivity contribution in [2.45, 2.75) is 78.1 Å². The van der Waals surface area contributed by atoms with E-state index in [9.17, 15) is 0 Å². The van der Waals surface area contributed by atoms with Gasteiger partial charge in [-0.3, -0.25) is 0 Å². The first kappa shape index (κ1) is 34.0. The summed E-state index contributed by atoms with van der Waals surface area (Å²) in [5.74, 6) is 0. The van der Waals surface area contributed by atoms with Gasteiger partial charge >= 0.3 is 39.8 Å². The van der Waals surface area contributed by atoms with Gasteiger partial charge in [0.15, 0.2) is 0 Å². The van der Waals surface area contributed by atoms with Crippen molar-refractivity contribution in [1.82, 2.24) is 0 Å². The third-order valence-corrected chi connectivity index (χ3v) is 5.89. The van der Waals surface area contributed by atoms with Crippen LogP contribution < -0.4 is 34.0 Å². The van der Waals surface area contributed by atoms with E-state index >= 15 is 0 Å². The second-order valence-electron chi connectivity index (χ2n) is 8.48. The maximum absolute atomic E-state index is 3.19. The Morgan fingerprint density at radius 3 is 1.11 bits per heavy atom. The summed E-state index contributed by atoms with van der Waals surface area (Å²) >= 11 is 6.50. The Balaban J connectivity index is -0.000000350. The molecule has 2 rings (SSSR count). The van der Waals surface area contributed by atoms with E-state index in [0.717, 1.165) is 0 Å². The molecule has 0 amide bonds. The Labute approximate surface area is 212 Å². The third-order valence-electron chi connectivity index (χ3n) is 5.89. The van der Waals surface area contributed by atoms with Crippen molar-refractivity contribution >= 4 is 39.8 Å². The Kier molecular flexibility index (Phi) is 27.2. The van der Waals surface area contributed by atoms with Gasteiger partial charge in [-0.2, -0.15) is 0 Å². The minimum absolute atomic E-state index is 0. The van der Waals surface area contributed by atoms with Crippen molar-refractivity contribution in [1.29, 1.82) is 0 Å². The summed E-state index contributed by atoms with van der Waals surface area (Å²) in [7, 11) is 4.85. The topological polar surface area (TPSA) is 0 Å². The molecule has 2 saturated heterocycles. The number of hydrogen-bond acceptors (Lipinski definition) is 0. The molecule has 2 radical (unpaired) electrons. The average molecular weight is 705 g/mol. The van der Waals surface area contributed by atoms with Gasteiger partial charge in [0.25, 0.3) is 0 Å². The van der Waals surface area contributed by atoms with Crippen LogP contribution in [0.3, 0.4) is 0 Å². The molecule has 2 nitrogen and oxygen atoms in total. The number of likely N-dealkylation sites (tertiary alicyclic amines) is 2. The van der Waals surface area contributed by atoms with Gasteiger partial charge in [0.2, 0.25) is 0 Å². The van der Waals surface area contributed by atoms with E-state index in [4.69, 9.17) is 0 Å². The summed E-state index contributed by atoms with van der Waals surface area (Å²) in [6, 6.07) is 0. The summed E-state index contributed by atoms with van der Waals surface area (Å²) in [5, 5.41) is 0. The van der Waals surface area contributed by atoms with Crippen molar-refractivity contribution in [3.63, 3.8) is 0 Å². The number of nitrogens with zero attached hydrogens (tertiary/aromatic N) is 2. The first-order chi connectivity index (χ1) is 11.9. The van der Waals surface area contributed by atoms with Crippen LogP contribution in [0.5, 0.6) is 0 Å². The summed E-state index contributed by atoms with van der Waals surface area (Å²) < 4.78 is 2.71. The molecular formula is C20H44Br4GeN2. The minimum atomic E-state index is 0. The van der Waals surface area contributed by atoms with E-state index in [2.05, 4.69) is 56.0 Å². The molecule has 0 aromatic carbocycles. The number of hydrogen-bond donors (Lipinski definition) is 0. The fourth-order valence-corrected chi connectivity index (χ4v) is 4.08. The molecule has 2 aliphatic rings. The second-order valence-corrected chi connectivity index (χ2v) is 18.4. The molecule has 0 aromatic rings. The number of rotatable bonds is 6. The normalized spacial score (nSPS) is 19.8. The van der Waals surface area contributed by atoms with Crippen molar-refractivity contribution in [3.05, 3.63) is 0 Å². The summed E-state index contributed by atoms with van der Waals surface area (Å²) in [6.45, 7) is 13.1. The molecule has 2 fully saturated rings. The predicted molar refractivity (Wildman–Crippen MR) is 123 cm³/mol. The van der Waals surface area contributed by atoms with E-state index in [-0.39, 0.29) is 45.7 Å². The van der Waals surface area contributed by atoms with E-state index < -0.39 is 0 Å². The molecular weight excluding hydrogens is 660 g/mol. The fourth-order valence-electron chi connectivity index (χ4n) is 4.08. The molecule has 0 bridgehead atoms. The molecule has 27 heavy (non-hydrogen) atoms. The van der Waals surface area contributed by atoms with Crippen molar-refractivity contribution in [2.75, 3.05) is 53.4 Å². The number of quaternary nitrogens is 2. The first-order valence-corrected chi connectivity index (χ1v) is 20.4. The van der Waals surface area contributed by atoms with Crippen LogP contribution in [0, 0.1) is 0 Å². The van der Waals surface area contributed by atoms with Gasteiger partial charge in [-0.1, -0.05) is 26.7 Å². The molecule has 0 spiro atoms. The fraction of sp³-hybridized carbons (Fsp3) is 1.00. The van der Waals surface area contributed by atoms with Crippen LogP contribution in [0.1, 0.15) is 78.1 Å². The third kappa shape index (κ3) is 18.8. The average Bonchev–Trinajstić information content (AvgIpc) is 2.61. The van der Waals surface area contributed by atoms with E-state index in [1.165, 1.54) is 112 Å². The molecule has 0 saturated carbocycles. The molecule has 0 aromatic heterocycles. The molecule has 0 atom stereocenters. The monoisotopic (exact) mass is 702 g/mol. The first-order valence-electron chi connectivity index (χ1n) is 10.6. The number of halogens is 4. The Morgan fingerprint density at radius 1 is 0.630 bits per heavy atom. The van der Waals surface area contributed by atoms with Gasteiger partial charge < -0.3 is 42.9 Å². The predicted octanol–water partition coefficient (Wildman–Crippen LogP) is 0.152. The van der Waals surface area contributed by atoms with Gasteiger partial charge in [0.05, 0.1) is 53.4 Å². The zero-order chi connectivity index (χ0) is 19.0. The van der Waals surface area contributed by atoms with Gasteiger partial charge in [-0.15, -0.1) is 0 Å². The summed E-state index contributed by atoms with van der Waals surface area (Å²) in [6.07, 6.45) is 14.3. The van der Waals surface area contributed by atoms with Crippen LogP contribution in [0.2, 0.25) is 0 Å². The van der Waals surface area contributed by atoms with Gasteiger partial charge in [-0.25, -0.2) is 0 Å². The Hall–Kier alpha value is 2.38. The quantitative estimate of drug-likeness (QED) is 0.273. The van der Waals surface area contributed by atoms with Crippen LogP contribution in [0.15, 0.2) is 0 Å². The SMILES string of the molecule is CCCC[N+]1(C)CCCCC1.CCCC[N+]1(C)CCCCC1.[Br-].[Br-].[Br][Ge][Br]. The van der Waals surface area contributed by atoms with Gasteiger partial charge in [0.1, 0.15) is 0 Å². The number of piperidine rings is 2. The van der Waals surface area contributed by atoms with Crippen LogP contribution in [-0.2, 0) is 0 Å². The van der Waals surface area contributed by atoms with Crippen molar-refractivity contribution < 1.29 is 42.9 Å². The Morgan fingerprint density at radius 2 is 0.889 bits per heavy atom. The van der Waals surface area contributed by atoms with Crippen molar-refractivity contribution in [2.24, 2.45) is 0 Å². The van der Waals surface area contributed by atoms with E-state index in [1.54, 1.807) is 0 Å². The second kappa shape index (κ2) is 21.6. The molecule has 0 N–H and O–H groups in total. The van der Waals surface area contributed by atoms with Gasteiger partial charge in [0, 0.05) is 0 Å². The van der Waals surface area contributed by atoms with Gasteiger partial charge in [-0.05, 0) is 51.4 Å². The molecule has 0 unspecified atom stereocenters. The van der Waals surface area contributed by atoms with Crippen LogP contribution in [0.25, 0.3) is 0 Å². The summed E-state index contributed by atoms with van der Waals surface area (Å²) in [5.41, 5.74) is 0. The molecule has 2 heterocycles. The molecule has 0 aliphatic carbocycles. The van der Waals surface area contributed by atoms with Crippen LogP contribution in [-0.4, -0.2) is 74.1 Å². The zero-order valence-corrected chi connectivity index (χ0v) is 26.7. The Bertz CT molecular complexity index is 270. The number of unbranched alkanes of at least 4 members (excludes halogenated alkanes) is 2. The standard InChI is InChI=1S/2C10H22N.Br2Ge.2BrH/c2*1-3-4-8-11(2)9-6-5-7-10-11;1-3-2;;/h2*3-10H2,1-2H3;;2*1H/q2*+1;;;/p-2. The van der Waals surface area contributed by atoms with E-state index in [0.29, 0.717) is 0 Å². The van der Waals surface area contributed by atoms with Crippen molar-refractivity contribution in [3.8, 4) is 0 Å². The van der Waals surface area contributed by atoms with E-state index in [1.807, 2.05) is 0 Å². The van der Waals surface area contributed by atoms with Crippen LogP contribution in [0.4, 0.5) is 0 Å².